The van der Waals surface area contributed by atoms with Gasteiger partial charge >= 0.3 is 5.97 Å². The molecule has 41 heavy (non-hydrogen) atoms. The van der Waals surface area contributed by atoms with Gasteiger partial charge in [-0.2, -0.15) is 0 Å². The lowest BCUT2D eigenvalue weighted by Gasteiger charge is -2.28. The Labute approximate surface area is 241 Å². The summed E-state index contributed by atoms with van der Waals surface area (Å²) in [6, 6.07) is 27.4. The topological polar surface area (TPSA) is 108 Å². The standard InChI is InChI=1S/C34H38N2O5/c1-22(29-11-7-8-12-30(29)27-15-16-31(33(39)40)32(18-27)36-23(2)37)41-21-28(38)20-35-34(3,4)19-24-13-14-25-9-5-6-10-26(25)17-24/h5-18,22,28,35,38H,19-21H2,1-4H3,(H,36,37)(H,39,40)/t22-,28-/m1/s1. The van der Waals surface area contributed by atoms with E-state index in [9.17, 15) is 19.8 Å². The zero-order valence-corrected chi connectivity index (χ0v) is 24.0. The van der Waals surface area contributed by atoms with E-state index in [0.29, 0.717) is 6.54 Å². The summed E-state index contributed by atoms with van der Waals surface area (Å²) in [5.74, 6) is -1.47. The Morgan fingerprint density at radius 2 is 1.63 bits per heavy atom. The minimum atomic E-state index is -1.12. The van der Waals surface area contributed by atoms with Crippen molar-refractivity contribution >= 4 is 28.3 Å². The van der Waals surface area contributed by atoms with E-state index in [0.717, 1.165) is 23.1 Å². The van der Waals surface area contributed by atoms with Crippen LogP contribution in [0, 0.1) is 0 Å². The van der Waals surface area contributed by atoms with Crippen LogP contribution in [0.5, 0.6) is 0 Å². The number of hydrogen-bond donors (Lipinski definition) is 4. The summed E-state index contributed by atoms with van der Waals surface area (Å²) < 4.78 is 6.09. The van der Waals surface area contributed by atoms with Crippen molar-refractivity contribution in [3.8, 4) is 11.1 Å². The number of amides is 1. The van der Waals surface area contributed by atoms with E-state index in [1.54, 1.807) is 12.1 Å². The number of fused-ring (bicyclic) bond motifs is 1. The molecule has 2 atom stereocenters. The number of carboxylic acid groups (broad SMARTS) is 1. The van der Waals surface area contributed by atoms with Gasteiger partial charge in [0.25, 0.3) is 0 Å². The maximum atomic E-state index is 11.7. The van der Waals surface area contributed by atoms with Gasteiger partial charge in [-0.1, -0.05) is 72.8 Å². The van der Waals surface area contributed by atoms with Gasteiger partial charge in [-0.25, -0.2) is 4.79 Å². The van der Waals surface area contributed by atoms with Gasteiger partial charge in [-0.05, 0) is 72.4 Å². The molecule has 4 N–H and O–H groups in total. The van der Waals surface area contributed by atoms with Gasteiger partial charge in [0, 0.05) is 19.0 Å². The fourth-order valence-electron chi connectivity index (χ4n) is 5.03. The van der Waals surface area contributed by atoms with E-state index >= 15 is 0 Å². The van der Waals surface area contributed by atoms with Crippen LogP contribution in [0.15, 0.2) is 84.9 Å². The molecule has 0 aromatic heterocycles. The summed E-state index contributed by atoms with van der Waals surface area (Å²) in [6.45, 7) is 8.03. The van der Waals surface area contributed by atoms with E-state index in [1.165, 1.54) is 29.3 Å². The number of ether oxygens (including phenoxy) is 1. The van der Waals surface area contributed by atoms with Crippen molar-refractivity contribution in [3.63, 3.8) is 0 Å². The Kier molecular flexibility index (Phi) is 9.55. The third-order valence-corrected chi connectivity index (χ3v) is 7.09. The highest BCUT2D eigenvalue weighted by Crippen LogP contribution is 2.33. The van der Waals surface area contributed by atoms with Crippen LogP contribution >= 0.6 is 0 Å². The Balaban J connectivity index is 1.37. The first-order valence-corrected chi connectivity index (χ1v) is 13.8. The average Bonchev–Trinajstić information content (AvgIpc) is 2.94. The molecule has 0 saturated heterocycles. The number of hydrogen-bond acceptors (Lipinski definition) is 5. The first-order valence-electron chi connectivity index (χ1n) is 13.8. The monoisotopic (exact) mass is 554 g/mol. The number of β-amino-alcohol motifs (C(OH)–C–C–N with tert-alkyl or cyclic N) is 1. The minimum absolute atomic E-state index is 0.0184. The number of carboxylic acids is 1. The number of rotatable bonds is 12. The molecule has 4 rings (SSSR count). The Morgan fingerprint density at radius 3 is 2.37 bits per heavy atom. The summed E-state index contributed by atoms with van der Waals surface area (Å²) in [5, 5.41) is 28.8. The van der Waals surface area contributed by atoms with Crippen molar-refractivity contribution in [2.24, 2.45) is 0 Å². The van der Waals surface area contributed by atoms with Gasteiger partial charge in [0.15, 0.2) is 0 Å². The highest BCUT2D eigenvalue weighted by atomic mass is 16.5. The van der Waals surface area contributed by atoms with Crippen molar-refractivity contribution < 1.29 is 24.5 Å². The summed E-state index contributed by atoms with van der Waals surface area (Å²) in [5.41, 5.74) is 3.75. The lowest BCUT2D eigenvalue weighted by atomic mass is 9.93. The van der Waals surface area contributed by atoms with Crippen molar-refractivity contribution in [1.29, 1.82) is 0 Å². The number of anilines is 1. The highest BCUT2D eigenvalue weighted by molar-refractivity contribution is 6.01. The van der Waals surface area contributed by atoms with Crippen molar-refractivity contribution in [2.75, 3.05) is 18.5 Å². The van der Waals surface area contributed by atoms with Crippen molar-refractivity contribution in [1.82, 2.24) is 5.32 Å². The molecule has 4 aromatic carbocycles. The van der Waals surface area contributed by atoms with E-state index in [2.05, 4.69) is 54.8 Å². The number of benzene rings is 4. The maximum absolute atomic E-state index is 11.7. The molecule has 214 valence electrons. The fraction of sp³-hybridized carbons (Fsp3) is 0.294. The molecule has 0 aliphatic heterocycles. The number of aliphatic hydroxyl groups excluding tert-OH is 1. The molecule has 0 radical (unpaired) electrons. The van der Waals surface area contributed by atoms with Gasteiger partial charge in [-0.15, -0.1) is 0 Å². The number of aromatic carboxylic acids is 1. The molecule has 0 spiro atoms. The Bertz CT molecular complexity index is 1530. The zero-order valence-electron chi connectivity index (χ0n) is 24.0. The smallest absolute Gasteiger partial charge is 0.337 e. The number of aliphatic hydroxyl groups is 1. The normalized spacial score (nSPS) is 13.1. The van der Waals surface area contributed by atoms with Crippen molar-refractivity contribution in [3.05, 3.63) is 102 Å². The molecule has 0 fully saturated rings. The summed E-state index contributed by atoms with van der Waals surface area (Å²) in [6.07, 6.45) is -0.229. The summed E-state index contributed by atoms with van der Waals surface area (Å²) >= 11 is 0. The Morgan fingerprint density at radius 1 is 0.927 bits per heavy atom. The molecule has 0 saturated carbocycles. The van der Waals surface area contributed by atoms with Gasteiger partial charge in [0.2, 0.25) is 5.91 Å². The maximum Gasteiger partial charge on any atom is 0.337 e. The average molecular weight is 555 g/mol. The predicted molar refractivity (Wildman–Crippen MR) is 163 cm³/mol. The third kappa shape index (κ3) is 8.01. The molecule has 0 aliphatic carbocycles. The van der Waals surface area contributed by atoms with Crippen LogP contribution in [0.25, 0.3) is 21.9 Å². The lowest BCUT2D eigenvalue weighted by molar-refractivity contribution is -0.114. The van der Waals surface area contributed by atoms with Crippen LogP contribution < -0.4 is 10.6 Å². The molecule has 0 heterocycles. The molecular weight excluding hydrogens is 516 g/mol. The van der Waals surface area contributed by atoms with Gasteiger partial charge in [-0.3, -0.25) is 4.79 Å². The van der Waals surface area contributed by atoms with Crippen molar-refractivity contribution in [2.45, 2.75) is 51.9 Å². The van der Waals surface area contributed by atoms with Gasteiger partial charge in [0.05, 0.1) is 30.1 Å². The Hall–Kier alpha value is -4.04. The van der Waals surface area contributed by atoms with E-state index in [4.69, 9.17) is 4.74 Å². The summed E-state index contributed by atoms with van der Waals surface area (Å²) in [7, 11) is 0. The second-order valence-corrected chi connectivity index (χ2v) is 11.1. The number of nitrogens with one attached hydrogen (secondary N) is 2. The first kappa shape index (κ1) is 29.9. The molecule has 7 nitrogen and oxygen atoms in total. The van der Waals surface area contributed by atoms with Crippen LogP contribution in [-0.2, 0) is 16.0 Å². The second kappa shape index (κ2) is 13.1. The molecule has 1 amide bonds. The van der Waals surface area contributed by atoms with Crippen LogP contribution in [0.1, 0.15) is 55.3 Å². The van der Waals surface area contributed by atoms with Crippen LogP contribution in [0.3, 0.4) is 0 Å². The molecule has 0 aliphatic rings. The summed E-state index contributed by atoms with van der Waals surface area (Å²) in [4.78, 5) is 23.3. The SMILES string of the molecule is CC(=O)Nc1cc(-c2ccccc2[C@@H](C)OC[C@H](O)CNC(C)(C)Cc2ccc3ccccc3c2)ccc1C(=O)O. The minimum Gasteiger partial charge on any atom is -0.478 e. The molecular formula is C34H38N2O5. The number of carbonyl (C=O) groups excluding carboxylic acids is 1. The third-order valence-electron chi connectivity index (χ3n) is 7.09. The van der Waals surface area contributed by atoms with Crippen LogP contribution in [0.2, 0.25) is 0 Å². The highest BCUT2D eigenvalue weighted by Gasteiger charge is 2.21. The number of carbonyl (C=O) groups is 2. The predicted octanol–water partition coefficient (Wildman–Crippen LogP) is 6.21. The first-order chi connectivity index (χ1) is 19.5. The van der Waals surface area contributed by atoms with Crippen LogP contribution in [-0.4, -0.2) is 46.9 Å². The zero-order chi connectivity index (χ0) is 29.6. The van der Waals surface area contributed by atoms with E-state index in [1.807, 2.05) is 43.3 Å². The van der Waals surface area contributed by atoms with Gasteiger partial charge < -0.3 is 25.6 Å². The molecule has 0 bridgehead atoms. The molecule has 4 aromatic rings. The fourth-order valence-corrected chi connectivity index (χ4v) is 5.03. The van der Waals surface area contributed by atoms with Gasteiger partial charge in [0.1, 0.15) is 0 Å². The van der Waals surface area contributed by atoms with E-state index in [-0.39, 0.29) is 35.4 Å². The second-order valence-electron chi connectivity index (χ2n) is 11.1. The van der Waals surface area contributed by atoms with E-state index < -0.39 is 12.1 Å². The van der Waals surface area contributed by atoms with Crippen LogP contribution in [0.4, 0.5) is 5.69 Å². The molecule has 0 unspecified atom stereocenters. The molecule has 7 heteroatoms. The quantitative estimate of drug-likeness (QED) is 0.166. The lowest BCUT2D eigenvalue weighted by Crippen LogP contribution is -2.46. The largest absolute Gasteiger partial charge is 0.478 e.